The van der Waals surface area contributed by atoms with Crippen LogP contribution in [-0.2, 0) is 0 Å². The minimum Gasteiger partial charge on any atom is -0.301 e. The summed E-state index contributed by atoms with van der Waals surface area (Å²) in [6.45, 7) is 8.79. The number of rotatable bonds is 6. The largest absolute Gasteiger partial charge is 0.301 e. The van der Waals surface area contributed by atoms with E-state index in [0.29, 0.717) is 12.1 Å². The van der Waals surface area contributed by atoms with Crippen LogP contribution in [0.5, 0.6) is 0 Å². The molecule has 1 aliphatic heterocycles. The summed E-state index contributed by atoms with van der Waals surface area (Å²) in [5, 5.41) is 12.9. The van der Waals surface area contributed by atoms with Crippen LogP contribution in [0.1, 0.15) is 39.5 Å². The SMILES string of the molecule is CCC1CN(CCC(C)(C#N)NC2CC2)CCN1C. The van der Waals surface area contributed by atoms with E-state index in [2.05, 4.69) is 42.1 Å². The molecule has 1 heterocycles. The average Bonchev–Trinajstić information content (AvgIpc) is 3.21. The number of hydrogen-bond acceptors (Lipinski definition) is 4. The summed E-state index contributed by atoms with van der Waals surface area (Å²) in [5.41, 5.74) is -0.341. The van der Waals surface area contributed by atoms with E-state index in [1.807, 2.05) is 0 Å². The van der Waals surface area contributed by atoms with Gasteiger partial charge in [-0.2, -0.15) is 5.26 Å². The van der Waals surface area contributed by atoms with Crippen molar-refractivity contribution in [2.75, 3.05) is 33.2 Å². The molecule has 0 aromatic carbocycles. The van der Waals surface area contributed by atoms with Gasteiger partial charge in [-0.15, -0.1) is 0 Å². The molecule has 2 aliphatic rings. The molecule has 2 fully saturated rings. The van der Waals surface area contributed by atoms with Gasteiger partial charge in [-0.05, 0) is 39.7 Å². The Balaban J connectivity index is 1.79. The molecule has 1 saturated carbocycles. The Bertz CT molecular complexity index is 334. The maximum atomic E-state index is 9.39. The maximum Gasteiger partial charge on any atom is 0.105 e. The second kappa shape index (κ2) is 6.21. The second-order valence-electron chi connectivity index (χ2n) is 6.46. The first-order valence-corrected chi connectivity index (χ1v) is 7.68. The Morgan fingerprint density at radius 3 is 2.68 bits per heavy atom. The average molecular weight is 264 g/mol. The molecule has 0 spiro atoms. The summed E-state index contributed by atoms with van der Waals surface area (Å²) in [6, 6.07) is 3.75. The fraction of sp³-hybridized carbons (Fsp3) is 0.933. The number of piperazine rings is 1. The Kier molecular flexibility index (Phi) is 4.83. The normalized spacial score (nSPS) is 28.8. The van der Waals surface area contributed by atoms with Crippen molar-refractivity contribution in [3.8, 4) is 6.07 Å². The van der Waals surface area contributed by atoms with Gasteiger partial charge in [-0.3, -0.25) is 5.32 Å². The highest BCUT2D eigenvalue weighted by Crippen LogP contribution is 2.24. The van der Waals surface area contributed by atoms with Crippen LogP contribution in [0.4, 0.5) is 0 Å². The van der Waals surface area contributed by atoms with E-state index < -0.39 is 0 Å². The standard InChI is InChI=1S/C15H28N4/c1-4-14-11-19(10-9-18(14)3)8-7-15(2,12-16)17-13-5-6-13/h13-14,17H,4-11H2,1-3H3. The molecule has 0 aromatic heterocycles. The first-order chi connectivity index (χ1) is 9.06. The Morgan fingerprint density at radius 1 is 1.37 bits per heavy atom. The predicted molar refractivity (Wildman–Crippen MR) is 77.9 cm³/mol. The minimum absolute atomic E-state index is 0.341. The molecule has 0 bridgehead atoms. The zero-order chi connectivity index (χ0) is 13.9. The molecule has 1 aliphatic carbocycles. The number of nitrogens with one attached hydrogen (secondary N) is 1. The van der Waals surface area contributed by atoms with Crippen LogP contribution in [0.2, 0.25) is 0 Å². The third kappa shape index (κ3) is 4.17. The summed E-state index contributed by atoms with van der Waals surface area (Å²) in [5.74, 6) is 0. The molecule has 0 aromatic rings. The van der Waals surface area contributed by atoms with E-state index in [-0.39, 0.29) is 5.54 Å². The molecule has 108 valence electrons. The predicted octanol–water partition coefficient (Wildman–Crippen LogP) is 1.44. The van der Waals surface area contributed by atoms with Crippen molar-refractivity contribution in [1.29, 1.82) is 5.26 Å². The lowest BCUT2D eigenvalue weighted by molar-refractivity contribution is 0.0883. The fourth-order valence-electron chi connectivity index (χ4n) is 2.87. The molecule has 1 N–H and O–H groups in total. The number of hydrogen-bond donors (Lipinski definition) is 1. The van der Waals surface area contributed by atoms with E-state index in [9.17, 15) is 5.26 Å². The summed E-state index contributed by atoms with van der Waals surface area (Å²) in [6.07, 6.45) is 4.62. The van der Waals surface area contributed by atoms with Gasteiger partial charge in [0.2, 0.25) is 0 Å². The van der Waals surface area contributed by atoms with Crippen molar-refractivity contribution in [3.63, 3.8) is 0 Å². The monoisotopic (exact) mass is 264 g/mol. The van der Waals surface area contributed by atoms with Crippen molar-refractivity contribution >= 4 is 0 Å². The molecule has 0 amide bonds. The molecule has 4 heteroatoms. The minimum atomic E-state index is -0.341. The second-order valence-corrected chi connectivity index (χ2v) is 6.46. The van der Waals surface area contributed by atoms with Crippen LogP contribution in [0.25, 0.3) is 0 Å². The van der Waals surface area contributed by atoms with Crippen LogP contribution in [0.3, 0.4) is 0 Å². The van der Waals surface area contributed by atoms with E-state index in [1.165, 1.54) is 19.3 Å². The van der Waals surface area contributed by atoms with Crippen LogP contribution in [0, 0.1) is 11.3 Å². The van der Waals surface area contributed by atoms with Gasteiger partial charge in [-0.25, -0.2) is 0 Å². The number of nitriles is 1. The number of nitrogens with zero attached hydrogens (tertiary/aromatic N) is 3. The highest BCUT2D eigenvalue weighted by molar-refractivity contribution is 5.07. The van der Waals surface area contributed by atoms with Crippen molar-refractivity contribution < 1.29 is 0 Å². The Morgan fingerprint density at radius 2 is 2.11 bits per heavy atom. The molecule has 0 radical (unpaired) electrons. The van der Waals surface area contributed by atoms with E-state index >= 15 is 0 Å². The molecule has 19 heavy (non-hydrogen) atoms. The molecule has 1 saturated heterocycles. The van der Waals surface area contributed by atoms with Crippen LogP contribution in [-0.4, -0.2) is 60.6 Å². The summed E-state index contributed by atoms with van der Waals surface area (Å²) in [4.78, 5) is 4.99. The van der Waals surface area contributed by atoms with Gasteiger partial charge in [0, 0.05) is 38.3 Å². The van der Waals surface area contributed by atoms with Gasteiger partial charge < -0.3 is 9.80 Å². The third-order valence-corrected chi connectivity index (χ3v) is 4.61. The smallest absolute Gasteiger partial charge is 0.105 e. The van der Waals surface area contributed by atoms with Crippen LogP contribution in [0.15, 0.2) is 0 Å². The van der Waals surface area contributed by atoms with Crippen LogP contribution < -0.4 is 5.32 Å². The first-order valence-electron chi connectivity index (χ1n) is 7.68. The maximum absolute atomic E-state index is 9.39. The number of likely N-dealkylation sites (N-methyl/N-ethyl adjacent to an activating group) is 1. The molecular weight excluding hydrogens is 236 g/mol. The van der Waals surface area contributed by atoms with Crippen molar-refractivity contribution in [2.24, 2.45) is 0 Å². The Hall–Kier alpha value is -0.630. The molecule has 2 atom stereocenters. The van der Waals surface area contributed by atoms with Gasteiger partial charge in [0.05, 0.1) is 6.07 Å². The van der Waals surface area contributed by atoms with Crippen LogP contribution >= 0.6 is 0 Å². The lowest BCUT2D eigenvalue weighted by atomic mass is 9.98. The van der Waals surface area contributed by atoms with E-state index in [0.717, 1.165) is 32.6 Å². The molecule has 2 rings (SSSR count). The summed E-state index contributed by atoms with van der Waals surface area (Å²) < 4.78 is 0. The lowest BCUT2D eigenvalue weighted by Gasteiger charge is -2.40. The lowest BCUT2D eigenvalue weighted by Crippen LogP contribution is -2.53. The molecular formula is C15H28N4. The topological polar surface area (TPSA) is 42.3 Å². The summed E-state index contributed by atoms with van der Waals surface area (Å²) >= 11 is 0. The molecule has 2 unspecified atom stereocenters. The first kappa shape index (κ1) is 14.8. The van der Waals surface area contributed by atoms with E-state index in [1.54, 1.807) is 0 Å². The quantitative estimate of drug-likeness (QED) is 0.788. The van der Waals surface area contributed by atoms with Gasteiger partial charge in [0.15, 0.2) is 0 Å². The van der Waals surface area contributed by atoms with E-state index in [4.69, 9.17) is 0 Å². The highest BCUT2D eigenvalue weighted by Gasteiger charge is 2.33. The zero-order valence-corrected chi connectivity index (χ0v) is 12.7. The Labute approximate surface area is 117 Å². The van der Waals surface area contributed by atoms with Crippen molar-refractivity contribution in [2.45, 2.75) is 57.2 Å². The van der Waals surface area contributed by atoms with Crippen molar-refractivity contribution in [3.05, 3.63) is 0 Å². The van der Waals surface area contributed by atoms with Gasteiger partial charge in [0.1, 0.15) is 5.54 Å². The summed E-state index contributed by atoms with van der Waals surface area (Å²) in [7, 11) is 2.22. The molecule has 4 nitrogen and oxygen atoms in total. The van der Waals surface area contributed by atoms with Gasteiger partial charge in [-0.1, -0.05) is 6.92 Å². The zero-order valence-electron chi connectivity index (χ0n) is 12.7. The highest BCUT2D eigenvalue weighted by atomic mass is 15.3. The third-order valence-electron chi connectivity index (χ3n) is 4.61. The van der Waals surface area contributed by atoms with Gasteiger partial charge >= 0.3 is 0 Å². The fourth-order valence-corrected chi connectivity index (χ4v) is 2.87. The van der Waals surface area contributed by atoms with Crippen molar-refractivity contribution in [1.82, 2.24) is 15.1 Å². The van der Waals surface area contributed by atoms with Gasteiger partial charge in [0.25, 0.3) is 0 Å².